The van der Waals surface area contributed by atoms with Crippen molar-refractivity contribution in [1.82, 2.24) is 19.6 Å². The van der Waals surface area contributed by atoms with E-state index in [4.69, 9.17) is 16.3 Å². The van der Waals surface area contributed by atoms with Crippen LogP contribution in [0.5, 0.6) is 11.6 Å². The third kappa shape index (κ3) is 2.20. The quantitative estimate of drug-likeness (QED) is 0.693. The zero-order chi connectivity index (χ0) is 14.1. The van der Waals surface area contributed by atoms with Gasteiger partial charge in [0.05, 0.1) is 0 Å². The molecular formula is C14H13ClN4O. The minimum Gasteiger partial charge on any atom is -0.438 e. The van der Waals surface area contributed by atoms with Crippen LogP contribution in [0.4, 0.5) is 0 Å². The van der Waals surface area contributed by atoms with Crippen molar-refractivity contribution < 1.29 is 4.74 Å². The van der Waals surface area contributed by atoms with Crippen LogP contribution in [-0.2, 0) is 6.42 Å². The largest absolute Gasteiger partial charge is 0.438 e. The topological polar surface area (TPSA) is 52.3 Å². The molecule has 2 aromatic heterocycles. The van der Waals surface area contributed by atoms with Crippen molar-refractivity contribution in [3.05, 3.63) is 46.9 Å². The van der Waals surface area contributed by atoms with Crippen LogP contribution in [0.1, 0.15) is 18.1 Å². The fourth-order valence-corrected chi connectivity index (χ4v) is 2.05. The molecule has 0 saturated carbocycles. The van der Waals surface area contributed by atoms with Gasteiger partial charge in [-0.25, -0.2) is 0 Å². The maximum Gasteiger partial charge on any atom is 0.256 e. The Labute approximate surface area is 121 Å². The molecule has 0 radical (unpaired) electrons. The first-order valence-corrected chi connectivity index (χ1v) is 6.69. The van der Waals surface area contributed by atoms with Gasteiger partial charge in [0.25, 0.3) is 5.78 Å². The second kappa shape index (κ2) is 5.09. The number of benzene rings is 1. The Morgan fingerprint density at radius 1 is 1.25 bits per heavy atom. The first-order chi connectivity index (χ1) is 9.69. The number of fused-ring (bicyclic) bond motifs is 1. The van der Waals surface area contributed by atoms with E-state index < -0.39 is 0 Å². The molecule has 0 saturated heterocycles. The van der Waals surface area contributed by atoms with Gasteiger partial charge in [0.15, 0.2) is 0 Å². The van der Waals surface area contributed by atoms with E-state index in [1.807, 2.05) is 31.2 Å². The molecule has 0 amide bonds. The van der Waals surface area contributed by atoms with Crippen molar-refractivity contribution >= 4 is 17.4 Å². The van der Waals surface area contributed by atoms with Crippen LogP contribution in [0.2, 0.25) is 5.15 Å². The highest BCUT2D eigenvalue weighted by Gasteiger charge is 2.14. The molecule has 20 heavy (non-hydrogen) atoms. The van der Waals surface area contributed by atoms with Gasteiger partial charge in [-0.3, -0.25) is 0 Å². The highest BCUT2D eigenvalue weighted by atomic mass is 35.5. The summed E-state index contributed by atoms with van der Waals surface area (Å²) in [4.78, 5) is 8.17. The molecule has 0 N–H and O–H groups in total. The molecule has 5 nitrogen and oxygen atoms in total. The number of hydrogen-bond acceptors (Lipinski definition) is 4. The van der Waals surface area contributed by atoms with E-state index in [1.165, 1.54) is 16.4 Å². The first-order valence-electron chi connectivity index (χ1n) is 6.31. The number of nitrogens with zero attached hydrogens (tertiary/aromatic N) is 4. The second-order valence-corrected chi connectivity index (χ2v) is 4.76. The normalized spacial score (nSPS) is 10.9. The van der Waals surface area contributed by atoms with Crippen LogP contribution in [0.3, 0.4) is 0 Å². The average molecular weight is 289 g/mol. The van der Waals surface area contributed by atoms with Crippen LogP contribution < -0.4 is 4.74 Å². The van der Waals surface area contributed by atoms with E-state index in [1.54, 1.807) is 0 Å². The summed E-state index contributed by atoms with van der Waals surface area (Å²) in [6.45, 7) is 3.95. The summed E-state index contributed by atoms with van der Waals surface area (Å²) in [5, 5.41) is 4.48. The standard InChI is InChI=1S/C14H13ClN4O/c1-3-10-4-6-11(7-5-10)20-13-9(2)12(15)18-14-16-8-17-19(13)14/h4-8H,3H2,1-2H3. The lowest BCUT2D eigenvalue weighted by atomic mass is 10.2. The van der Waals surface area contributed by atoms with Gasteiger partial charge in [-0.05, 0) is 31.0 Å². The van der Waals surface area contributed by atoms with Crippen molar-refractivity contribution in [3.63, 3.8) is 0 Å². The minimum absolute atomic E-state index is 0.366. The third-order valence-corrected chi connectivity index (χ3v) is 3.46. The summed E-state index contributed by atoms with van der Waals surface area (Å²) in [5.74, 6) is 1.67. The van der Waals surface area contributed by atoms with E-state index in [-0.39, 0.29) is 0 Å². The number of aromatic nitrogens is 4. The second-order valence-electron chi connectivity index (χ2n) is 4.40. The molecule has 3 rings (SSSR count). The van der Waals surface area contributed by atoms with Crippen LogP contribution >= 0.6 is 11.6 Å². The van der Waals surface area contributed by atoms with Crippen molar-refractivity contribution in [2.75, 3.05) is 0 Å². The van der Waals surface area contributed by atoms with Gasteiger partial charge in [-0.1, -0.05) is 30.7 Å². The molecule has 0 aliphatic carbocycles. The Bertz CT molecular complexity index is 752. The molecule has 102 valence electrons. The molecule has 1 aromatic carbocycles. The molecule has 0 spiro atoms. The Morgan fingerprint density at radius 3 is 2.70 bits per heavy atom. The molecule has 0 unspecified atom stereocenters. The van der Waals surface area contributed by atoms with Gasteiger partial charge >= 0.3 is 0 Å². The predicted molar refractivity (Wildman–Crippen MR) is 76.4 cm³/mol. The Balaban J connectivity index is 2.04. The minimum atomic E-state index is 0.366. The van der Waals surface area contributed by atoms with Crippen LogP contribution in [0, 0.1) is 6.92 Å². The van der Waals surface area contributed by atoms with Gasteiger partial charge < -0.3 is 4.74 Å². The Kier molecular flexibility index (Phi) is 3.28. The lowest BCUT2D eigenvalue weighted by Gasteiger charge is -2.10. The van der Waals surface area contributed by atoms with Crippen LogP contribution in [-0.4, -0.2) is 19.6 Å². The predicted octanol–water partition coefficient (Wildman–Crippen LogP) is 3.44. The number of ether oxygens (including phenoxy) is 1. The smallest absolute Gasteiger partial charge is 0.256 e. The summed E-state index contributed by atoms with van der Waals surface area (Å²) >= 11 is 6.09. The summed E-state index contributed by atoms with van der Waals surface area (Å²) < 4.78 is 7.43. The van der Waals surface area contributed by atoms with E-state index in [2.05, 4.69) is 22.0 Å². The SMILES string of the molecule is CCc1ccc(Oc2c(C)c(Cl)nc3ncnn23)cc1. The van der Waals surface area contributed by atoms with Crippen LogP contribution in [0.15, 0.2) is 30.6 Å². The number of halogens is 1. The summed E-state index contributed by atoms with van der Waals surface area (Å²) in [6, 6.07) is 7.92. The summed E-state index contributed by atoms with van der Waals surface area (Å²) in [7, 11) is 0. The fraction of sp³-hybridized carbons (Fsp3) is 0.214. The number of hydrogen-bond donors (Lipinski definition) is 0. The Hall–Kier alpha value is -2.14. The molecular weight excluding hydrogens is 276 g/mol. The fourth-order valence-electron chi connectivity index (χ4n) is 1.90. The molecule has 0 fully saturated rings. The van der Waals surface area contributed by atoms with Gasteiger partial charge in [0.1, 0.15) is 17.2 Å². The van der Waals surface area contributed by atoms with Crippen molar-refractivity contribution in [2.24, 2.45) is 0 Å². The highest BCUT2D eigenvalue weighted by molar-refractivity contribution is 6.30. The molecule has 0 atom stereocenters. The summed E-state index contributed by atoms with van der Waals surface area (Å²) in [6.07, 6.45) is 2.42. The van der Waals surface area contributed by atoms with Gasteiger partial charge in [-0.2, -0.15) is 19.6 Å². The highest BCUT2D eigenvalue weighted by Crippen LogP contribution is 2.28. The lowest BCUT2D eigenvalue weighted by molar-refractivity contribution is 0.441. The molecule has 6 heteroatoms. The third-order valence-electron chi connectivity index (χ3n) is 3.10. The first kappa shape index (κ1) is 12.9. The molecule has 3 aromatic rings. The van der Waals surface area contributed by atoms with Crippen LogP contribution in [0.25, 0.3) is 5.78 Å². The van der Waals surface area contributed by atoms with Crippen molar-refractivity contribution in [2.45, 2.75) is 20.3 Å². The van der Waals surface area contributed by atoms with Gasteiger partial charge in [-0.15, -0.1) is 0 Å². The van der Waals surface area contributed by atoms with E-state index in [0.29, 0.717) is 16.8 Å². The Morgan fingerprint density at radius 2 is 2.00 bits per heavy atom. The summed E-state index contributed by atoms with van der Waals surface area (Å²) in [5.41, 5.74) is 1.98. The molecule has 0 bridgehead atoms. The number of aryl methyl sites for hydroxylation is 1. The zero-order valence-electron chi connectivity index (χ0n) is 11.2. The van der Waals surface area contributed by atoms with E-state index in [0.717, 1.165) is 17.7 Å². The van der Waals surface area contributed by atoms with Gasteiger partial charge in [0.2, 0.25) is 5.88 Å². The van der Waals surface area contributed by atoms with E-state index in [9.17, 15) is 0 Å². The maximum absolute atomic E-state index is 6.09. The van der Waals surface area contributed by atoms with E-state index >= 15 is 0 Å². The number of rotatable bonds is 3. The molecule has 2 heterocycles. The average Bonchev–Trinajstić information content (AvgIpc) is 2.92. The molecule has 0 aliphatic rings. The zero-order valence-corrected chi connectivity index (χ0v) is 11.9. The van der Waals surface area contributed by atoms with Crippen molar-refractivity contribution in [1.29, 1.82) is 0 Å². The molecule has 0 aliphatic heterocycles. The van der Waals surface area contributed by atoms with Gasteiger partial charge in [0, 0.05) is 5.56 Å². The monoisotopic (exact) mass is 288 g/mol. The maximum atomic E-state index is 6.09. The lowest BCUT2D eigenvalue weighted by Crippen LogP contribution is -2.01. The van der Waals surface area contributed by atoms with Crippen molar-refractivity contribution in [3.8, 4) is 11.6 Å².